The Kier molecular flexibility index (Phi) is 2.27. The molecule has 1 N–H and O–H groups in total. The first-order valence-electron chi connectivity index (χ1n) is 5.70. The summed E-state index contributed by atoms with van der Waals surface area (Å²) in [5, 5.41) is 6.60. The van der Waals surface area contributed by atoms with Crippen LogP contribution in [-0.2, 0) is 5.41 Å². The van der Waals surface area contributed by atoms with E-state index in [9.17, 15) is 13.2 Å². The van der Waals surface area contributed by atoms with Gasteiger partial charge >= 0.3 is 6.18 Å². The van der Waals surface area contributed by atoms with Gasteiger partial charge in [0, 0.05) is 6.20 Å². The van der Waals surface area contributed by atoms with Crippen molar-refractivity contribution in [2.45, 2.75) is 24.4 Å². The first-order valence-corrected chi connectivity index (χ1v) is 5.70. The summed E-state index contributed by atoms with van der Waals surface area (Å²) >= 11 is 0. The number of H-pyrrole nitrogens is 1. The molecule has 2 nitrogen and oxygen atoms in total. The van der Waals surface area contributed by atoms with Crippen LogP contribution >= 0.6 is 0 Å². The normalized spacial score (nSPS) is 17.7. The minimum atomic E-state index is -4.15. The van der Waals surface area contributed by atoms with E-state index in [0.29, 0.717) is 5.56 Å². The Morgan fingerprint density at radius 2 is 1.72 bits per heavy atom. The lowest BCUT2D eigenvalue weighted by atomic mass is 9.94. The molecule has 3 rings (SSSR count). The smallest absolute Gasteiger partial charge is 0.278 e. The Morgan fingerprint density at radius 3 is 2.17 bits per heavy atom. The zero-order valence-electron chi connectivity index (χ0n) is 9.46. The third kappa shape index (κ3) is 1.62. The summed E-state index contributed by atoms with van der Waals surface area (Å²) in [4.78, 5) is 0. The summed E-state index contributed by atoms with van der Waals surface area (Å²) in [6.07, 6.45) is -2.15. The summed E-state index contributed by atoms with van der Waals surface area (Å²) in [6.45, 7) is 0. The quantitative estimate of drug-likeness (QED) is 0.867. The fraction of sp³-hybridized carbons (Fsp3) is 0.308. The van der Waals surface area contributed by atoms with Gasteiger partial charge in [0.05, 0.1) is 11.1 Å². The fourth-order valence-electron chi connectivity index (χ4n) is 2.25. The van der Waals surface area contributed by atoms with Crippen molar-refractivity contribution in [1.29, 1.82) is 0 Å². The number of nitrogens with one attached hydrogen (secondary N) is 1. The molecule has 5 heteroatoms. The van der Waals surface area contributed by atoms with Crippen molar-refractivity contribution in [3.05, 3.63) is 42.1 Å². The van der Waals surface area contributed by atoms with Crippen LogP contribution in [0, 0.1) is 0 Å². The highest BCUT2D eigenvalue weighted by Crippen LogP contribution is 2.58. The van der Waals surface area contributed by atoms with Crippen molar-refractivity contribution in [2.24, 2.45) is 0 Å². The second kappa shape index (κ2) is 3.60. The van der Waals surface area contributed by atoms with E-state index in [-0.39, 0.29) is 12.8 Å². The summed E-state index contributed by atoms with van der Waals surface area (Å²) in [7, 11) is 0. The van der Waals surface area contributed by atoms with E-state index >= 15 is 0 Å². The highest BCUT2D eigenvalue weighted by atomic mass is 19.4. The molecular formula is C13H11F3N2. The molecule has 0 spiro atoms. The third-order valence-corrected chi connectivity index (χ3v) is 3.54. The SMILES string of the molecule is FC(F)(F)C1(c2ccc(-c3ccn[nH]3)cc2)CC1. The Labute approximate surface area is 102 Å². The van der Waals surface area contributed by atoms with Crippen molar-refractivity contribution >= 4 is 0 Å². The van der Waals surface area contributed by atoms with Gasteiger partial charge in [0.1, 0.15) is 0 Å². The second-order valence-electron chi connectivity index (χ2n) is 4.63. The molecule has 1 saturated carbocycles. The number of alkyl halides is 3. The second-order valence-corrected chi connectivity index (χ2v) is 4.63. The topological polar surface area (TPSA) is 28.7 Å². The number of halogens is 3. The monoisotopic (exact) mass is 252 g/mol. The molecule has 0 saturated heterocycles. The molecule has 1 aliphatic carbocycles. The third-order valence-electron chi connectivity index (χ3n) is 3.54. The molecule has 18 heavy (non-hydrogen) atoms. The van der Waals surface area contributed by atoms with E-state index < -0.39 is 11.6 Å². The van der Waals surface area contributed by atoms with Gasteiger partial charge < -0.3 is 0 Å². The van der Waals surface area contributed by atoms with Crippen LogP contribution in [0.4, 0.5) is 13.2 Å². The molecule has 0 atom stereocenters. The molecule has 2 aromatic rings. The lowest BCUT2D eigenvalue weighted by molar-refractivity contribution is -0.160. The van der Waals surface area contributed by atoms with Crippen LogP contribution in [0.3, 0.4) is 0 Å². The Morgan fingerprint density at radius 1 is 1.06 bits per heavy atom. The minimum absolute atomic E-state index is 0.194. The molecule has 1 fully saturated rings. The van der Waals surface area contributed by atoms with Crippen LogP contribution in [0.2, 0.25) is 0 Å². The van der Waals surface area contributed by atoms with Gasteiger partial charge in [0.2, 0.25) is 0 Å². The Bertz CT molecular complexity index is 537. The van der Waals surface area contributed by atoms with Gasteiger partial charge in [-0.05, 0) is 30.0 Å². The number of hydrogen-bond acceptors (Lipinski definition) is 1. The number of nitrogens with zero attached hydrogens (tertiary/aromatic N) is 1. The van der Waals surface area contributed by atoms with Gasteiger partial charge in [-0.2, -0.15) is 18.3 Å². The lowest BCUT2D eigenvalue weighted by Gasteiger charge is -2.19. The van der Waals surface area contributed by atoms with Crippen LogP contribution < -0.4 is 0 Å². The summed E-state index contributed by atoms with van der Waals surface area (Å²) in [5.74, 6) is 0. The number of hydrogen-bond donors (Lipinski definition) is 1. The van der Waals surface area contributed by atoms with E-state index in [1.165, 1.54) is 0 Å². The number of aromatic amines is 1. The summed E-state index contributed by atoms with van der Waals surface area (Å²) in [6, 6.07) is 8.32. The molecule has 1 aliphatic rings. The van der Waals surface area contributed by atoms with Crippen LogP contribution in [0.5, 0.6) is 0 Å². The summed E-state index contributed by atoms with van der Waals surface area (Å²) in [5.41, 5.74) is 0.408. The molecular weight excluding hydrogens is 241 g/mol. The highest BCUT2D eigenvalue weighted by molar-refractivity contribution is 5.59. The van der Waals surface area contributed by atoms with Crippen LogP contribution in [0.1, 0.15) is 18.4 Å². The Balaban J connectivity index is 1.93. The van der Waals surface area contributed by atoms with E-state index in [2.05, 4.69) is 10.2 Å². The van der Waals surface area contributed by atoms with Crippen LogP contribution in [0.15, 0.2) is 36.5 Å². The van der Waals surface area contributed by atoms with Crippen LogP contribution in [-0.4, -0.2) is 16.4 Å². The number of benzene rings is 1. The van der Waals surface area contributed by atoms with Gasteiger partial charge in [0.25, 0.3) is 0 Å². The zero-order valence-corrected chi connectivity index (χ0v) is 9.46. The maximum absolute atomic E-state index is 12.9. The predicted molar refractivity (Wildman–Crippen MR) is 61.0 cm³/mol. The van der Waals surface area contributed by atoms with E-state index in [0.717, 1.165) is 11.3 Å². The van der Waals surface area contributed by atoms with Gasteiger partial charge in [0.15, 0.2) is 0 Å². The molecule has 1 aromatic carbocycles. The van der Waals surface area contributed by atoms with Gasteiger partial charge in [-0.3, -0.25) is 5.10 Å². The molecule has 1 aromatic heterocycles. The molecule has 0 radical (unpaired) electrons. The van der Waals surface area contributed by atoms with E-state index in [1.54, 1.807) is 36.5 Å². The minimum Gasteiger partial charge on any atom is -0.278 e. The highest BCUT2D eigenvalue weighted by Gasteiger charge is 2.64. The molecule has 0 unspecified atom stereocenters. The fourth-order valence-corrected chi connectivity index (χ4v) is 2.25. The number of rotatable bonds is 2. The first-order chi connectivity index (χ1) is 8.53. The largest absolute Gasteiger partial charge is 0.398 e. The molecule has 1 heterocycles. The van der Waals surface area contributed by atoms with E-state index in [1.807, 2.05) is 0 Å². The Hall–Kier alpha value is -1.78. The standard InChI is InChI=1S/C13H11F3N2/c14-13(15,16)12(6-7-12)10-3-1-9(2-4-10)11-5-8-17-18-11/h1-5,8H,6-7H2,(H,17,18). The molecule has 94 valence electrons. The maximum Gasteiger partial charge on any atom is 0.398 e. The summed E-state index contributed by atoms with van der Waals surface area (Å²) < 4.78 is 38.8. The average Bonchev–Trinajstić information content (AvgIpc) is 2.99. The predicted octanol–water partition coefficient (Wildman–Crippen LogP) is 3.67. The zero-order chi connectivity index (χ0) is 12.8. The number of aromatic nitrogens is 2. The van der Waals surface area contributed by atoms with Gasteiger partial charge in [-0.1, -0.05) is 24.3 Å². The van der Waals surface area contributed by atoms with Gasteiger partial charge in [-0.15, -0.1) is 0 Å². The van der Waals surface area contributed by atoms with Crippen LogP contribution in [0.25, 0.3) is 11.3 Å². The first kappa shape index (κ1) is 11.3. The van der Waals surface area contributed by atoms with Gasteiger partial charge in [-0.25, -0.2) is 0 Å². The van der Waals surface area contributed by atoms with Crippen molar-refractivity contribution in [3.63, 3.8) is 0 Å². The van der Waals surface area contributed by atoms with Crippen molar-refractivity contribution in [1.82, 2.24) is 10.2 Å². The molecule has 0 aliphatic heterocycles. The van der Waals surface area contributed by atoms with Crippen molar-refractivity contribution in [3.8, 4) is 11.3 Å². The molecule has 0 amide bonds. The lowest BCUT2D eigenvalue weighted by Crippen LogP contribution is -2.28. The van der Waals surface area contributed by atoms with Crippen molar-refractivity contribution in [2.75, 3.05) is 0 Å². The van der Waals surface area contributed by atoms with E-state index in [4.69, 9.17) is 0 Å². The average molecular weight is 252 g/mol. The molecule has 0 bridgehead atoms. The maximum atomic E-state index is 12.9. The van der Waals surface area contributed by atoms with Crippen molar-refractivity contribution < 1.29 is 13.2 Å².